The predicted molar refractivity (Wildman–Crippen MR) is 420 cm³/mol. The van der Waals surface area contributed by atoms with E-state index in [0.29, 0.717) is 17.4 Å². The van der Waals surface area contributed by atoms with Crippen LogP contribution in [0.15, 0.2) is 0 Å². The standard InChI is InChI=1S/C88H173NO8/c1-6-8-10-12-14-16-18-20-22-24-26-28-30-32-34-36-38-40-42-43-44-45-47-49-51-53-55-57-59-61-63-65-67-69-71-73-75-77-79-86(91)97-84(83-96-88(87(92)93)94-81-80-89(3,4)5)82-95-85(90)78-76-74-72-70-68-66-64-62-60-58-56-54-52-50-48-46-41-39-37-35-33-31-29-27-25-23-21-19-17-15-13-11-9-7-2/h84,88H,6-83H2,1-5H3/p+1. The summed E-state index contributed by atoms with van der Waals surface area (Å²) in [5.74, 6) is -1.96. The Kier molecular flexibility index (Phi) is 78.6. The molecule has 9 heteroatoms. The Labute approximate surface area is 606 Å². The fourth-order valence-corrected chi connectivity index (χ4v) is 14.1. The lowest BCUT2D eigenvalue weighted by atomic mass is 10.0. The number of carbonyl (C=O) groups is 3. The number of carboxylic acid groups (broad SMARTS) is 1. The van der Waals surface area contributed by atoms with Crippen LogP contribution in [0, 0.1) is 0 Å². The number of hydrogen-bond acceptors (Lipinski definition) is 7. The highest BCUT2D eigenvalue weighted by atomic mass is 16.7. The number of carbonyl (C=O) groups excluding carboxylic acids is 2. The van der Waals surface area contributed by atoms with Crippen LogP contribution >= 0.6 is 0 Å². The molecule has 9 nitrogen and oxygen atoms in total. The molecule has 97 heavy (non-hydrogen) atoms. The van der Waals surface area contributed by atoms with Crippen molar-refractivity contribution in [2.45, 2.75) is 501 Å². The Balaban J connectivity index is 3.88. The van der Waals surface area contributed by atoms with Gasteiger partial charge in [-0.3, -0.25) is 9.59 Å². The third kappa shape index (κ3) is 81.5. The number of carboxylic acids is 1. The molecule has 0 aromatic carbocycles. The topological polar surface area (TPSA) is 108 Å². The highest BCUT2D eigenvalue weighted by molar-refractivity contribution is 5.71. The summed E-state index contributed by atoms with van der Waals surface area (Å²) in [4.78, 5) is 37.8. The Morgan fingerprint density at radius 2 is 0.464 bits per heavy atom. The van der Waals surface area contributed by atoms with E-state index in [1.165, 1.54) is 424 Å². The summed E-state index contributed by atoms with van der Waals surface area (Å²) >= 11 is 0. The largest absolute Gasteiger partial charge is 0.477 e. The smallest absolute Gasteiger partial charge is 0.361 e. The van der Waals surface area contributed by atoms with Crippen LogP contribution in [-0.2, 0) is 33.3 Å². The molecular weight excluding hydrogens is 1200 g/mol. The Morgan fingerprint density at radius 3 is 0.660 bits per heavy atom. The van der Waals surface area contributed by atoms with Crippen molar-refractivity contribution in [3.63, 3.8) is 0 Å². The number of rotatable bonds is 85. The summed E-state index contributed by atoms with van der Waals surface area (Å²) in [6.45, 7) is 4.99. The third-order valence-electron chi connectivity index (χ3n) is 20.9. The van der Waals surface area contributed by atoms with Gasteiger partial charge < -0.3 is 28.5 Å². The molecule has 2 atom stereocenters. The van der Waals surface area contributed by atoms with Crippen molar-refractivity contribution in [2.75, 3.05) is 47.5 Å². The van der Waals surface area contributed by atoms with Crippen molar-refractivity contribution in [2.24, 2.45) is 0 Å². The van der Waals surface area contributed by atoms with Gasteiger partial charge in [0.15, 0.2) is 6.10 Å². The molecule has 0 heterocycles. The lowest BCUT2D eigenvalue weighted by molar-refractivity contribution is -0.870. The number of unbranched alkanes of at least 4 members (excludes halogenated alkanes) is 70. The number of hydrogen-bond donors (Lipinski definition) is 1. The van der Waals surface area contributed by atoms with Crippen LogP contribution in [0.3, 0.4) is 0 Å². The van der Waals surface area contributed by atoms with E-state index < -0.39 is 18.4 Å². The van der Waals surface area contributed by atoms with Gasteiger partial charge in [-0.05, 0) is 12.8 Å². The molecule has 0 bridgehead atoms. The quantitative estimate of drug-likeness (QED) is 0.0278. The lowest BCUT2D eigenvalue weighted by Gasteiger charge is -2.25. The molecule has 0 saturated heterocycles. The molecule has 2 unspecified atom stereocenters. The van der Waals surface area contributed by atoms with Crippen molar-refractivity contribution in [3.05, 3.63) is 0 Å². The molecule has 0 amide bonds. The van der Waals surface area contributed by atoms with Gasteiger partial charge in [0.05, 0.1) is 34.4 Å². The maximum Gasteiger partial charge on any atom is 0.361 e. The monoisotopic (exact) mass is 1370 g/mol. The minimum atomic E-state index is -1.51. The molecule has 0 aliphatic rings. The predicted octanol–water partition coefficient (Wildman–Crippen LogP) is 28.5. The van der Waals surface area contributed by atoms with E-state index in [4.69, 9.17) is 18.9 Å². The molecule has 0 aromatic rings. The van der Waals surface area contributed by atoms with E-state index in [1.54, 1.807) is 0 Å². The second-order valence-corrected chi connectivity index (χ2v) is 31.9. The SMILES string of the molecule is CCCCCCCCCCCCCCCCCCCCCCCCCCCCCCCCCCCCCCCCC(=O)OC(COC(=O)CCCCCCCCCCCCCCCCCCCCCCCCCCCCCCCCCCCC)COC(OCC[N+](C)(C)C)C(=O)O. The molecular formula is C88H174NO8+. The first-order valence-corrected chi connectivity index (χ1v) is 44.2. The zero-order chi connectivity index (χ0) is 70.4. The number of nitrogens with zero attached hydrogens (tertiary/aromatic N) is 1. The third-order valence-corrected chi connectivity index (χ3v) is 20.9. The second kappa shape index (κ2) is 80.0. The Bertz CT molecular complexity index is 1550. The van der Waals surface area contributed by atoms with Crippen molar-refractivity contribution < 1.29 is 42.9 Å². The zero-order valence-electron chi connectivity index (χ0n) is 66.6. The van der Waals surface area contributed by atoms with Crippen LogP contribution in [0.2, 0.25) is 0 Å². The molecule has 0 saturated carbocycles. The van der Waals surface area contributed by atoms with Gasteiger partial charge in [-0.15, -0.1) is 0 Å². The van der Waals surface area contributed by atoms with Crippen molar-refractivity contribution >= 4 is 17.9 Å². The summed E-state index contributed by atoms with van der Waals surface area (Å²) in [6.07, 6.45) is 97.4. The van der Waals surface area contributed by atoms with Crippen molar-refractivity contribution in [1.82, 2.24) is 0 Å². The number of quaternary nitrogens is 1. The fourth-order valence-electron chi connectivity index (χ4n) is 14.1. The van der Waals surface area contributed by atoms with Gasteiger partial charge in [-0.1, -0.05) is 463 Å². The van der Waals surface area contributed by atoms with Crippen LogP contribution < -0.4 is 0 Å². The highest BCUT2D eigenvalue weighted by Gasteiger charge is 2.25. The van der Waals surface area contributed by atoms with Gasteiger partial charge >= 0.3 is 17.9 Å². The first kappa shape index (κ1) is 95.3. The molecule has 0 rings (SSSR count). The summed E-state index contributed by atoms with van der Waals surface area (Å²) in [7, 11) is 6.01. The van der Waals surface area contributed by atoms with Gasteiger partial charge in [0, 0.05) is 12.8 Å². The maximum absolute atomic E-state index is 13.0. The van der Waals surface area contributed by atoms with Gasteiger partial charge in [0.2, 0.25) is 0 Å². The number of esters is 2. The highest BCUT2D eigenvalue weighted by Crippen LogP contribution is 2.22. The zero-order valence-corrected chi connectivity index (χ0v) is 66.6. The molecule has 0 spiro atoms. The fraction of sp³-hybridized carbons (Fsp3) is 0.966. The Hall–Kier alpha value is -1.71. The summed E-state index contributed by atoms with van der Waals surface area (Å²) in [6, 6.07) is 0. The van der Waals surface area contributed by atoms with Crippen LogP contribution in [-0.4, -0.2) is 87.4 Å². The average molecular weight is 1370 g/mol. The number of likely N-dealkylation sites (N-methyl/N-ethyl adjacent to an activating group) is 1. The Morgan fingerprint density at radius 1 is 0.268 bits per heavy atom. The van der Waals surface area contributed by atoms with Crippen molar-refractivity contribution in [3.8, 4) is 0 Å². The van der Waals surface area contributed by atoms with Crippen LogP contribution in [0.5, 0.6) is 0 Å². The molecule has 0 aliphatic carbocycles. The lowest BCUT2D eigenvalue weighted by Crippen LogP contribution is -2.40. The minimum Gasteiger partial charge on any atom is -0.477 e. The van der Waals surface area contributed by atoms with E-state index in [-0.39, 0.29) is 38.2 Å². The second-order valence-electron chi connectivity index (χ2n) is 31.9. The van der Waals surface area contributed by atoms with E-state index in [9.17, 15) is 19.5 Å². The van der Waals surface area contributed by atoms with E-state index in [0.717, 1.165) is 38.5 Å². The number of aliphatic carboxylic acids is 1. The molecule has 578 valence electrons. The first-order chi connectivity index (χ1) is 47.6. The minimum absolute atomic E-state index is 0.171. The maximum atomic E-state index is 13.0. The van der Waals surface area contributed by atoms with Crippen molar-refractivity contribution in [1.29, 1.82) is 0 Å². The normalized spacial score (nSPS) is 12.5. The molecule has 0 aliphatic heterocycles. The van der Waals surface area contributed by atoms with Crippen LogP contribution in [0.1, 0.15) is 489 Å². The van der Waals surface area contributed by atoms with Gasteiger partial charge in [0.25, 0.3) is 6.29 Å². The molecule has 1 N–H and O–H groups in total. The van der Waals surface area contributed by atoms with Crippen LogP contribution in [0.25, 0.3) is 0 Å². The van der Waals surface area contributed by atoms with E-state index >= 15 is 0 Å². The van der Waals surface area contributed by atoms with E-state index in [2.05, 4.69) is 13.8 Å². The average Bonchev–Trinajstić information content (AvgIpc) is 2.78. The molecule has 0 aromatic heterocycles. The first-order valence-electron chi connectivity index (χ1n) is 44.2. The number of ether oxygens (including phenoxy) is 4. The van der Waals surface area contributed by atoms with Gasteiger partial charge in [-0.25, -0.2) is 4.79 Å². The summed E-state index contributed by atoms with van der Waals surface area (Å²) < 4.78 is 23.1. The molecule has 0 fully saturated rings. The van der Waals surface area contributed by atoms with Crippen LogP contribution in [0.4, 0.5) is 0 Å². The molecule has 0 radical (unpaired) electrons. The van der Waals surface area contributed by atoms with Gasteiger partial charge in [-0.2, -0.15) is 0 Å². The van der Waals surface area contributed by atoms with Gasteiger partial charge in [0.1, 0.15) is 13.2 Å². The van der Waals surface area contributed by atoms with E-state index in [1.807, 2.05) is 21.1 Å². The summed E-state index contributed by atoms with van der Waals surface area (Å²) in [5.41, 5.74) is 0. The summed E-state index contributed by atoms with van der Waals surface area (Å²) in [5, 5.41) is 9.79.